The molecule has 2 atom stereocenters. The minimum atomic E-state index is -0.0902. The number of aromatic nitrogens is 2. The maximum atomic E-state index is 12.5. The van der Waals surface area contributed by atoms with E-state index in [2.05, 4.69) is 26.9 Å². The van der Waals surface area contributed by atoms with Crippen LogP contribution in [0.3, 0.4) is 0 Å². The van der Waals surface area contributed by atoms with Crippen LogP contribution in [0.2, 0.25) is 0 Å². The molecular formula is C18H25N5OS2. The van der Waals surface area contributed by atoms with Gasteiger partial charge in [0.05, 0.1) is 5.56 Å². The molecule has 0 aromatic carbocycles. The van der Waals surface area contributed by atoms with E-state index in [-0.39, 0.29) is 5.91 Å². The van der Waals surface area contributed by atoms with Gasteiger partial charge in [0.25, 0.3) is 5.91 Å². The van der Waals surface area contributed by atoms with Crippen molar-refractivity contribution in [1.82, 2.24) is 15.5 Å². The van der Waals surface area contributed by atoms with Gasteiger partial charge in [-0.05, 0) is 52.0 Å². The van der Waals surface area contributed by atoms with Gasteiger partial charge in [-0.25, -0.2) is 0 Å². The summed E-state index contributed by atoms with van der Waals surface area (Å²) >= 11 is 3.13. The summed E-state index contributed by atoms with van der Waals surface area (Å²) < 4.78 is 0. The molecule has 6 nitrogen and oxygen atoms in total. The SMILES string of the molecule is Cc1nnc(NC(=O)c2cc(C3CC3NC3CCC(N)CC3)sc2C)s1. The number of thiophene rings is 1. The standard InChI is InChI=1S/C18H25N5OS2/c1-9-13(17(24)21-18-23-22-10(2)26-18)8-16(25-9)14-7-15(14)20-12-5-3-11(19)4-6-12/h8,11-12,14-15,20H,3-7,19H2,1-2H3,(H,21,23,24). The molecule has 2 aromatic heterocycles. The zero-order valence-electron chi connectivity index (χ0n) is 15.1. The first-order valence-corrected chi connectivity index (χ1v) is 10.9. The average Bonchev–Trinajstić information content (AvgIpc) is 3.07. The van der Waals surface area contributed by atoms with Crippen molar-refractivity contribution < 1.29 is 4.79 Å². The summed E-state index contributed by atoms with van der Waals surface area (Å²) in [6.07, 6.45) is 5.79. The molecule has 2 aromatic rings. The molecule has 2 fully saturated rings. The second-order valence-electron chi connectivity index (χ2n) is 7.43. The highest BCUT2D eigenvalue weighted by Crippen LogP contribution is 2.45. The molecule has 0 radical (unpaired) electrons. The Labute approximate surface area is 161 Å². The van der Waals surface area contributed by atoms with Gasteiger partial charge in [-0.2, -0.15) is 0 Å². The lowest BCUT2D eigenvalue weighted by Gasteiger charge is -2.27. The number of hydrogen-bond acceptors (Lipinski definition) is 7. The highest BCUT2D eigenvalue weighted by molar-refractivity contribution is 7.15. The molecule has 26 heavy (non-hydrogen) atoms. The van der Waals surface area contributed by atoms with Crippen LogP contribution in [-0.4, -0.2) is 34.2 Å². The van der Waals surface area contributed by atoms with Crippen molar-refractivity contribution >= 4 is 33.7 Å². The topological polar surface area (TPSA) is 92.9 Å². The predicted octanol–water partition coefficient (Wildman–Crippen LogP) is 3.18. The molecule has 4 rings (SSSR count). The number of nitrogens with two attached hydrogens (primary N) is 1. The lowest BCUT2D eigenvalue weighted by molar-refractivity contribution is 0.102. The fourth-order valence-corrected chi connectivity index (χ4v) is 5.50. The van der Waals surface area contributed by atoms with E-state index in [1.807, 2.05) is 13.8 Å². The Kier molecular flexibility index (Phi) is 5.09. The quantitative estimate of drug-likeness (QED) is 0.728. The van der Waals surface area contributed by atoms with E-state index in [4.69, 9.17) is 5.73 Å². The summed E-state index contributed by atoms with van der Waals surface area (Å²) in [5, 5.41) is 16.0. The smallest absolute Gasteiger partial charge is 0.258 e. The fraction of sp³-hybridized carbons (Fsp3) is 0.611. The largest absolute Gasteiger partial charge is 0.328 e. The highest BCUT2D eigenvalue weighted by atomic mass is 32.1. The molecule has 0 bridgehead atoms. The molecule has 2 heterocycles. The summed E-state index contributed by atoms with van der Waals surface area (Å²) in [7, 11) is 0. The van der Waals surface area contributed by atoms with Crippen LogP contribution in [0.5, 0.6) is 0 Å². The van der Waals surface area contributed by atoms with Crippen molar-refractivity contribution in [1.29, 1.82) is 0 Å². The number of carbonyl (C=O) groups is 1. The van der Waals surface area contributed by atoms with Crippen LogP contribution in [0.25, 0.3) is 0 Å². The molecule has 140 valence electrons. The van der Waals surface area contributed by atoms with Gasteiger partial charge < -0.3 is 11.1 Å². The van der Waals surface area contributed by atoms with Gasteiger partial charge in [0.15, 0.2) is 0 Å². The lowest BCUT2D eigenvalue weighted by atomic mass is 9.92. The average molecular weight is 392 g/mol. The number of anilines is 1. The van der Waals surface area contributed by atoms with Crippen LogP contribution in [-0.2, 0) is 0 Å². The molecule has 0 aliphatic heterocycles. The van der Waals surface area contributed by atoms with Crippen molar-refractivity contribution in [2.45, 2.75) is 70.0 Å². The van der Waals surface area contributed by atoms with Crippen molar-refractivity contribution in [2.24, 2.45) is 5.73 Å². The highest BCUT2D eigenvalue weighted by Gasteiger charge is 2.41. The van der Waals surface area contributed by atoms with E-state index in [9.17, 15) is 4.79 Å². The van der Waals surface area contributed by atoms with Gasteiger partial charge in [0.1, 0.15) is 5.01 Å². The minimum absolute atomic E-state index is 0.0902. The second-order valence-corrected chi connectivity index (χ2v) is 9.90. The van der Waals surface area contributed by atoms with Crippen molar-refractivity contribution in [3.63, 3.8) is 0 Å². The number of carbonyl (C=O) groups excluding carboxylic acids is 1. The zero-order valence-corrected chi connectivity index (χ0v) is 16.8. The third-order valence-corrected chi connectivity index (χ3v) is 7.24. The number of nitrogens with zero attached hydrogens (tertiary/aromatic N) is 2. The van der Waals surface area contributed by atoms with Crippen LogP contribution in [0.1, 0.15) is 63.1 Å². The molecule has 4 N–H and O–H groups in total. The van der Waals surface area contributed by atoms with Gasteiger partial charge in [0.2, 0.25) is 5.13 Å². The van der Waals surface area contributed by atoms with Crippen LogP contribution >= 0.6 is 22.7 Å². The number of hydrogen-bond donors (Lipinski definition) is 3. The summed E-state index contributed by atoms with van der Waals surface area (Å²) in [4.78, 5) is 14.9. The van der Waals surface area contributed by atoms with E-state index in [1.54, 1.807) is 11.3 Å². The number of rotatable bonds is 5. The second kappa shape index (κ2) is 7.34. The first kappa shape index (κ1) is 18.0. The van der Waals surface area contributed by atoms with Crippen LogP contribution < -0.4 is 16.4 Å². The van der Waals surface area contributed by atoms with Crippen LogP contribution in [0.4, 0.5) is 5.13 Å². The molecule has 2 unspecified atom stereocenters. The Morgan fingerprint density at radius 1 is 1.19 bits per heavy atom. The van der Waals surface area contributed by atoms with E-state index >= 15 is 0 Å². The first-order chi connectivity index (χ1) is 12.5. The third-order valence-electron chi connectivity index (χ3n) is 5.31. The number of amides is 1. The summed E-state index contributed by atoms with van der Waals surface area (Å²) in [5.41, 5.74) is 6.75. The van der Waals surface area contributed by atoms with Gasteiger partial charge in [0, 0.05) is 33.8 Å². The van der Waals surface area contributed by atoms with E-state index in [1.165, 1.54) is 35.5 Å². The van der Waals surface area contributed by atoms with Gasteiger partial charge in [-0.15, -0.1) is 21.5 Å². The molecule has 2 aliphatic carbocycles. The van der Waals surface area contributed by atoms with Crippen molar-refractivity contribution in [2.75, 3.05) is 5.32 Å². The van der Waals surface area contributed by atoms with Crippen LogP contribution in [0, 0.1) is 13.8 Å². The van der Waals surface area contributed by atoms with Gasteiger partial charge >= 0.3 is 0 Å². The Bertz CT molecular complexity index is 793. The maximum Gasteiger partial charge on any atom is 0.258 e. The third kappa shape index (κ3) is 3.98. The fourth-order valence-electron chi connectivity index (χ4n) is 3.71. The van der Waals surface area contributed by atoms with Crippen molar-refractivity contribution in [3.05, 3.63) is 26.4 Å². The number of aryl methyl sites for hydroxylation is 2. The molecule has 0 saturated heterocycles. The normalized spacial score (nSPS) is 28.1. The van der Waals surface area contributed by atoms with E-state index in [0.717, 1.165) is 28.3 Å². The first-order valence-electron chi connectivity index (χ1n) is 9.23. The minimum Gasteiger partial charge on any atom is -0.328 e. The summed E-state index contributed by atoms with van der Waals surface area (Å²) in [5.74, 6) is 0.451. The Morgan fingerprint density at radius 2 is 1.96 bits per heavy atom. The van der Waals surface area contributed by atoms with E-state index < -0.39 is 0 Å². The Balaban J connectivity index is 1.36. The maximum absolute atomic E-state index is 12.5. The zero-order chi connectivity index (χ0) is 18.3. The molecule has 2 saturated carbocycles. The molecule has 0 spiro atoms. The molecule has 1 amide bonds. The van der Waals surface area contributed by atoms with Gasteiger partial charge in [-0.1, -0.05) is 11.3 Å². The molecule has 2 aliphatic rings. The Morgan fingerprint density at radius 3 is 2.65 bits per heavy atom. The lowest BCUT2D eigenvalue weighted by Crippen LogP contribution is -2.38. The van der Waals surface area contributed by atoms with Crippen molar-refractivity contribution in [3.8, 4) is 0 Å². The predicted molar refractivity (Wildman–Crippen MR) is 106 cm³/mol. The Hall–Kier alpha value is -1.35. The van der Waals surface area contributed by atoms with Crippen LogP contribution in [0.15, 0.2) is 6.07 Å². The monoisotopic (exact) mass is 391 g/mol. The summed E-state index contributed by atoms with van der Waals surface area (Å²) in [6, 6.07) is 3.61. The summed E-state index contributed by atoms with van der Waals surface area (Å²) in [6.45, 7) is 3.89. The number of nitrogens with one attached hydrogen (secondary N) is 2. The molecule has 8 heteroatoms. The van der Waals surface area contributed by atoms with Gasteiger partial charge in [-0.3, -0.25) is 10.1 Å². The van der Waals surface area contributed by atoms with E-state index in [0.29, 0.717) is 29.2 Å². The molecular weight excluding hydrogens is 366 g/mol.